The number of hydrogen-bond donors (Lipinski definition) is 1. The molecule has 8 heteroatoms. The number of benzene rings is 2. The van der Waals surface area contributed by atoms with Gasteiger partial charge in [0.05, 0.1) is 16.3 Å². The standard InChI is InChI=1S/C17H14F3N3OS/c1-11-2-4-12(5-3-11)15-10-16(17(18,19)20)23(22-15)13-6-8-14(9-7-13)25(21)24/h2-10H,21H2,1H3. The molecule has 1 heterocycles. The van der Waals surface area contributed by atoms with Gasteiger partial charge in [-0.2, -0.15) is 18.3 Å². The van der Waals surface area contributed by atoms with Crippen molar-refractivity contribution in [2.24, 2.45) is 5.14 Å². The number of halogens is 3. The molecule has 0 radical (unpaired) electrons. The monoisotopic (exact) mass is 365 g/mol. The van der Waals surface area contributed by atoms with Crippen LogP contribution in [0.1, 0.15) is 11.3 Å². The summed E-state index contributed by atoms with van der Waals surface area (Å²) in [5.41, 5.74) is 1.14. The fraction of sp³-hybridized carbons (Fsp3) is 0.118. The average molecular weight is 365 g/mol. The Labute approximate surface area is 144 Å². The second-order valence-electron chi connectivity index (χ2n) is 5.48. The third-order valence-electron chi connectivity index (χ3n) is 3.66. The fourth-order valence-electron chi connectivity index (χ4n) is 2.37. The quantitative estimate of drug-likeness (QED) is 0.766. The molecule has 0 bridgehead atoms. The molecule has 0 amide bonds. The first-order valence-electron chi connectivity index (χ1n) is 7.26. The van der Waals surface area contributed by atoms with Gasteiger partial charge in [0.2, 0.25) is 0 Å². The van der Waals surface area contributed by atoms with E-state index in [-0.39, 0.29) is 11.4 Å². The van der Waals surface area contributed by atoms with Crippen LogP contribution in [0.4, 0.5) is 13.2 Å². The molecule has 0 aliphatic rings. The molecule has 3 rings (SSSR count). The van der Waals surface area contributed by atoms with E-state index in [1.807, 2.05) is 19.1 Å². The molecule has 0 spiro atoms. The zero-order valence-electron chi connectivity index (χ0n) is 13.1. The van der Waals surface area contributed by atoms with Gasteiger partial charge in [0.1, 0.15) is 16.7 Å². The lowest BCUT2D eigenvalue weighted by molar-refractivity contribution is -0.142. The van der Waals surface area contributed by atoms with E-state index in [0.717, 1.165) is 16.3 Å². The van der Waals surface area contributed by atoms with Crippen molar-refractivity contribution in [3.05, 3.63) is 65.9 Å². The number of alkyl halides is 3. The lowest BCUT2D eigenvalue weighted by Crippen LogP contribution is -2.13. The third kappa shape index (κ3) is 3.64. The van der Waals surface area contributed by atoms with E-state index >= 15 is 0 Å². The van der Waals surface area contributed by atoms with E-state index in [1.165, 1.54) is 24.3 Å². The second-order valence-corrected chi connectivity index (χ2v) is 6.55. The molecule has 0 aliphatic heterocycles. The minimum Gasteiger partial charge on any atom is -0.248 e. The number of hydrogen-bond acceptors (Lipinski definition) is 2. The Kier molecular flexibility index (Phi) is 4.49. The summed E-state index contributed by atoms with van der Waals surface area (Å²) in [6.07, 6.45) is -4.56. The average Bonchev–Trinajstić information content (AvgIpc) is 3.01. The topological polar surface area (TPSA) is 60.9 Å². The Bertz CT molecular complexity index is 916. The molecule has 0 aliphatic carbocycles. The van der Waals surface area contributed by atoms with Crippen molar-refractivity contribution >= 4 is 11.0 Å². The Hall–Kier alpha value is -2.45. The Morgan fingerprint density at radius 2 is 1.64 bits per heavy atom. The van der Waals surface area contributed by atoms with Gasteiger partial charge in [-0.3, -0.25) is 0 Å². The van der Waals surface area contributed by atoms with Gasteiger partial charge in [0.15, 0.2) is 0 Å². The van der Waals surface area contributed by atoms with Gasteiger partial charge in [-0.15, -0.1) is 0 Å². The summed E-state index contributed by atoms with van der Waals surface area (Å²) in [5, 5.41) is 9.37. The van der Waals surface area contributed by atoms with Gasteiger partial charge in [0, 0.05) is 5.56 Å². The number of aromatic nitrogens is 2. The van der Waals surface area contributed by atoms with E-state index in [1.54, 1.807) is 12.1 Å². The van der Waals surface area contributed by atoms with Crippen LogP contribution in [0.5, 0.6) is 0 Å². The van der Waals surface area contributed by atoms with Gasteiger partial charge < -0.3 is 0 Å². The summed E-state index contributed by atoms with van der Waals surface area (Å²) in [6, 6.07) is 13.7. The van der Waals surface area contributed by atoms with Gasteiger partial charge in [0.25, 0.3) is 0 Å². The molecule has 3 aromatic rings. The first-order valence-corrected chi connectivity index (χ1v) is 8.48. The van der Waals surface area contributed by atoms with Crippen LogP contribution in [-0.4, -0.2) is 14.0 Å². The van der Waals surface area contributed by atoms with Crippen LogP contribution in [0.3, 0.4) is 0 Å². The van der Waals surface area contributed by atoms with Crippen molar-refractivity contribution in [3.8, 4) is 16.9 Å². The molecular formula is C17H14F3N3OS. The molecule has 2 aromatic carbocycles. The summed E-state index contributed by atoms with van der Waals surface area (Å²) < 4.78 is 52.3. The maximum atomic E-state index is 13.4. The maximum absolute atomic E-state index is 13.4. The number of rotatable bonds is 3. The summed E-state index contributed by atoms with van der Waals surface area (Å²) in [5.74, 6) is 0. The van der Waals surface area contributed by atoms with Crippen LogP contribution >= 0.6 is 0 Å². The van der Waals surface area contributed by atoms with E-state index in [0.29, 0.717) is 10.5 Å². The molecule has 1 aromatic heterocycles. The molecule has 130 valence electrons. The molecule has 25 heavy (non-hydrogen) atoms. The minimum absolute atomic E-state index is 0.208. The lowest BCUT2D eigenvalue weighted by Gasteiger charge is -2.10. The number of aryl methyl sites for hydroxylation is 1. The maximum Gasteiger partial charge on any atom is 0.433 e. The Morgan fingerprint density at radius 3 is 2.16 bits per heavy atom. The predicted octanol–water partition coefficient (Wildman–Crippen LogP) is 3.85. The third-order valence-corrected chi connectivity index (χ3v) is 4.40. The van der Waals surface area contributed by atoms with Crippen molar-refractivity contribution in [1.82, 2.24) is 9.78 Å². The van der Waals surface area contributed by atoms with Gasteiger partial charge >= 0.3 is 6.18 Å². The zero-order valence-corrected chi connectivity index (χ0v) is 13.9. The molecule has 0 saturated heterocycles. The molecule has 1 atom stereocenters. The largest absolute Gasteiger partial charge is 0.433 e. The van der Waals surface area contributed by atoms with Crippen molar-refractivity contribution in [2.75, 3.05) is 0 Å². The predicted molar refractivity (Wildman–Crippen MR) is 89.3 cm³/mol. The van der Waals surface area contributed by atoms with Crippen LogP contribution in [0, 0.1) is 6.92 Å². The molecule has 1 unspecified atom stereocenters. The van der Waals surface area contributed by atoms with E-state index in [2.05, 4.69) is 5.10 Å². The molecule has 2 N–H and O–H groups in total. The highest BCUT2D eigenvalue weighted by Gasteiger charge is 2.36. The number of nitrogens with zero attached hydrogens (tertiary/aromatic N) is 2. The van der Waals surface area contributed by atoms with Crippen molar-refractivity contribution < 1.29 is 17.4 Å². The zero-order chi connectivity index (χ0) is 18.2. The van der Waals surface area contributed by atoms with Crippen molar-refractivity contribution in [2.45, 2.75) is 18.0 Å². The van der Waals surface area contributed by atoms with Crippen LogP contribution < -0.4 is 5.14 Å². The highest BCUT2D eigenvalue weighted by molar-refractivity contribution is 7.82. The molecule has 0 fully saturated rings. The second kappa shape index (κ2) is 6.45. The lowest BCUT2D eigenvalue weighted by atomic mass is 10.1. The molecule has 0 saturated carbocycles. The normalized spacial score (nSPS) is 13.0. The fourth-order valence-corrected chi connectivity index (χ4v) is 2.77. The minimum atomic E-state index is -4.56. The van der Waals surface area contributed by atoms with Gasteiger partial charge in [-0.05, 0) is 37.3 Å². The summed E-state index contributed by atoms with van der Waals surface area (Å²) in [4.78, 5) is 0.322. The Morgan fingerprint density at radius 1 is 1.04 bits per heavy atom. The summed E-state index contributed by atoms with van der Waals surface area (Å²) >= 11 is 0. The highest BCUT2D eigenvalue weighted by Crippen LogP contribution is 2.34. The van der Waals surface area contributed by atoms with Gasteiger partial charge in [-0.1, -0.05) is 29.8 Å². The van der Waals surface area contributed by atoms with Gasteiger partial charge in [-0.25, -0.2) is 14.0 Å². The van der Waals surface area contributed by atoms with Crippen LogP contribution in [0.15, 0.2) is 59.5 Å². The van der Waals surface area contributed by atoms with E-state index in [9.17, 15) is 17.4 Å². The van der Waals surface area contributed by atoms with Crippen LogP contribution in [0.2, 0.25) is 0 Å². The molecular weight excluding hydrogens is 351 g/mol. The van der Waals surface area contributed by atoms with E-state index in [4.69, 9.17) is 5.14 Å². The summed E-state index contributed by atoms with van der Waals surface area (Å²) in [6.45, 7) is 1.90. The Balaban J connectivity index is 2.11. The van der Waals surface area contributed by atoms with E-state index < -0.39 is 22.9 Å². The first-order chi connectivity index (χ1) is 11.8. The SMILES string of the molecule is Cc1ccc(-c2cc(C(F)(F)F)n(-c3ccc(S(N)=O)cc3)n2)cc1. The number of nitrogens with two attached hydrogens (primary N) is 1. The van der Waals surface area contributed by atoms with Crippen molar-refractivity contribution in [1.29, 1.82) is 0 Å². The highest BCUT2D eigenvalue weighted by atomic mass is 32.2. The van der Waals surface area contributed by atoms with Crippen molar-refractivity contribution in [3.63, 3.8) is 0 Å². The molecule has 4 nitrogen and oxygen atoms in total. The first kappa shape index (κ1) is 17.4. The summed E-state index contributed by atoms with van der Waals surface area (Å²) in [7, 11) is -1.69. The smallest absolute Gasteiger partial charge is 0.248 e. The van der Waals surface area contributed by atoms with Crippen LogP contribution in [0.25, 0.3) is 16.9 Å². The van der Waals surface area contributed by atoms with Crippen LogP contribution in [-0.2, 0) is 17.2 Å².